The lowest BCUT2D eigenvalue weighted by atomic mass is 9.74. The molecule has 3 rings (SSSR count). The second-order valence-corrected chi connectivity index (χ2v) is 5.82. The molecule has 1 aliphatic rings. The van der Waals surface area contributed by atoms with Crippen LogP contribution in [0.1, 0.15) is 32.1 Å². The number of oxazole rings is 1. The first-order chi connectivity index (χ1) is 9.71. The van der Waals surface area contributed by atoms with Gasteiger partial charge in [-0.1, -0.05) is 19.3 Å². The van der Waals surface area contributed by atoms with E-state index in [0.29, 0.717) is 23.8 Å². The number of aromatic nitrogens is 1. The number of hydrogen-bond acceptors (Lipinski definition) is 5. The fourth-order valence-corrected chi connectivity index (χ4v) is 2.97. The van der Waals surface area contributed by atoms with Crippen LogP contribution in [0.3, 0.4) is 0 Å². The molecule has 0 radical (unpaired) electrons. The summed E-state index contributed by atoms with van der Waals surface area (Å²) in [6, 6.07) is 5.94. The van der Waals surface area contributed by atoms with Gasteiger partial charge in [0.2, 0.25) is 0 Å². The Labute approximate surface area is 118 Å². The summed E-state index contributed by atoms with van der Waals surface area (Å²) in [6.07, 6.45) is 5.76. The Morgan fingerprint density at radius 1 is 1.30 bits per heavy atom. The fraction of sp³-hybridized carbons (Fsp3) is 0.533. The summed E-state index contributed by atoms with van der Waals surface area (Å²) >= 11 is 0. The van der Waals surface area contributed by atoms with Crippen LogP contribution >= 0.6 is 0 Å². The minimum absolute atomic E-state index is 0.0298. The van der Waals surface area contributed by atoms with Crippen LogP contribution < -0.4 is 11.1 Å². The van der Waals surface area contributed by atoms with E-state index < -0.39 is 0 Å². The smallest absolute Gasteiger partial charge is 0.295 e. The molecule has 108 valence electrons. The number of benzene rings is 1. The van der Waals surface area contributed by atoms with E-state index in [4.69, 9.17) is 10.2 Å². The molecule has 0 atom stereocenters. The third kappa shape index (κ3) is 2.58. The first-order valence-corrected chi connectivity index (χ1v) is 7.22. The standard InChI is InChI=1S/C15H21N3O2/c16-11-4-5-12-13(8-11)20-14(18-12)17-9-15(10-19)6-2-1-3-7-15/h4-5,8,19H,1-3,6-7,9-10,16H2,(H,17,18). The van der Waals surface area contributed by atoms with Crippen molar-refractivity contribution in [1.29, 1.82) is 0 Å². The van der Waals surface area contributed by atoms with Crippen LogP contribution in [-0.4, -0.2) is 23.2 Å². The number of rotatable bonds is 4. The Balaban J connectivity index is 1.72. The van der Waals surface area contributed by atoms with Gasteiger partial charge in [0, 0.05) is 23.7 Å². The van der Waals surface area contributed by atoms with E-state index in [2.05, 4.69) is 10.3 Å². The monoisotopic (exact) mass is 275 g/mol. The summed E-state index contributed by atoms with van der Waals surface area (Å²) < 4.78 is 5.65. The van der Waals surface area contributed by atoms with Crippen molar-refractivity contribution in [3.8, 4) is 0 Å². The van der Waals surface area contributed by atoms with Gasteiger partial charge >= 0.3 is 0 Å². The molecule has 1 aromatic carbocycles. The average molecular weight is 275 g/mol. The molecule has 0 amide bonds. The van der Waals surface area contributed by atoms with Gasteiger partial charge in [-0.15, -0.1) is 0 Å². The van der Waals surface area contributed by atoms with Crippen LogP contribution in [0.4, 0.5) is 11.7 Å². The SMILES string of the molecule is Nc1ccc2nc(NCC3(CO)CCCCC3)oc2c1. The molecule has 5 nitrogen and oxygen atoms in total. The zero-order valence-corrected chi connectivity index (χ0v) is 11.6. The van der Waals surface area contributed by atoms with Gasteiger partial charge in [-0.25, -0.2) is 0 Å². The number of hydrogen-bond donors (Lipinski definition) is 3. The lowest BCUT2D eigenvalue weighted by Gasteiger charge is -2.35. The third-order valence-corrected chi connectivity index (χ3v) is 4.28. The highest BCUT2D eigenvalue weighted by atomic mass is 16.4. The minimum Gasteiger partial charge on any atom is -0.423 e. The fourth-order valence-electron chi connectivity index (χ4n) is 2.97. The Morgan fingerprint density at radius 3 is 2.85 bits per heavy atom. The van der Waals surface area contributed by atoms with Crippen LogP contribution in [-0.2, 0) is 0 Å². The van der Waals surface area contributed by atoms with Crippen LogP contribution in [0.5, 0.6) is 0 Å². The molecule has 1 aliphatic carbocycles. The molecule has 0 saturated heterocycles. The van der Waals surface area contributed by atoms with Gasteiger partial charge in [-0.2, -0.15) is 4.98 Å². The molecule has 4 N–H and O–H groups in total. The number of aliphatic hydroxyl groups is 1. The van der Waals surface area contributed by atoms with Crippen molar-refractivity contribution >= 4 is 22.8 Å². The highest BCUT2D eigenvalue weighted by Gasteiger charge is 2.31. The number of nitrogens with zero attached hydrogens (tertiary/aromatic N) is 1. The highest BCUT2D eigenvalue weighted by Crippen LogP contribution is 2.36. The molecule has 2 aromatic rings. The summed E-state index contributed by atoms with van der Waals surface area (Å²) in [7, 11) is 0. The molecule has 0 unspecified atom stereocenters. The summed E-state index contributed by atoms with van der Waals surface area (Å²) in [5.41, 5.74) is 7.85. The van der Waals surface area contributed by atoms with Gasteiger partial charge in [0.1, 0.15) is 5.52 Å². The third-order valence-electron chi connectivity index (χ3n) is 4.28. The maximum atomic E-state index is 9.69. The summed E-state index contributed by atoms with van der Waals surface area (Å²) in [5, 5.41) is 12.9. The van der Waals surface area contributed by atoms with E-state index >= 15 is 0 Å². The van der Waals surface area contributed by atoms with E-state index in [1.807, 2.05) is 12.1 Å². The molecular formula is C15H21N3O2. The van der Waals surface area contributed by atoms with Gasteiger partial charge in [0.05, 0.1) is 6.61 Å². The quantitative estimate of drug-likeness (QED) is 0.747. The van der Waals surface area contributed by atoms with Crippen molar-refractivity contribution < 1.29 is 9.52 Å². The highest BCUT2D eigenvalue weighted by molar-refractivity contribution is 5.78. The van der Waals surface area contributed by atoms with Crippen LogP contribution in [0.25, 0.3) is 11.1 Å². The molecule has 1 heterocycles. The minimum atomic E-state index is -0.0298. The normalized spacial score (nSPS) is 18.2. The maximum Gasteiger partial charge on any atom is 0.295 e. The topological polar surface area (TPSA) is 84.3 Å². The molecule has 20 heavy (non-hydrogen) atoms. The van der Waals surface area contributed by atoms with E-state index in [1.165, 1.54) is 19.3 Å². The van der Waals surface area contributed by atoms with Gasteiger partial charge in [0.15, 0.2) is 5.58 Å². The number of fused-ring (bicyclic) bond motifs is 1. The van der Waals surface area contributed by atoms with E-state index in [-0.39, 0.29) is 12.0 Å². The van der Waals surface area contributed by atoms with Crippen molar-refractivity contribution in [2.24, 2.45) is 5.41 Å². The number of nitrogens with two attached hydrogens (primary N) is 1. The van der Waals surface area contributed by atoms with E-state index in [9.17, 15) is 5.11 Å². The Bertz CT molecular complexity index is 588. The summed E-state index contributed by atoms with van der Waals surface area (Å²) in [4.78, 5) is 4.39. The van der Waals surface area contributed by atoms with Gasteiger partial charge in [0.25, 0.3) is 6.01 Å². The Kier molecular flexibility index (Phi) is 3.53. The van der Waals surface area contributed by atoms with Crippen molar-refractivity contribution in [2.75, 3.05) is 24.2 Å². The van der Waals surface area contributed by atoms with Crippen LogP contribution in [0.15, 0.2) is 22.6 Å². The van der Waals surface area contributed by atoms with Crippen molar-refractivity contribution in [3.05, 3.63) is 18.2 Å². The first-order valence-electron chi connectivity index (χ1n) is 7.22. The molecule has 0 spiro atoms. The lowest BCUT2D eigenvalue weighted by molar-refractivity contribution is 0.0939. The number of aliphatic hydroxyl groups excluding tert-OH is 1. The van der Waals surface area contributed by atoms with E-state index in [1.54, 1.807) is 6.07 Å². The molecule has 1 aromatic heterocycles. The second kappa shape index (κ2) is 5.32. The molecule has 1 saturated carbocycles. The van der Waals surface area contributed by atoms with Crippen LogP contribution in [0.2, 0.25) is 0 Å². The van der Waals surface area contributed by atoms with Crippen molar-refractivity contribution in [1.82, 2.24) is 4.98 Å². The van der Waals surface area contributed by atoms with Crippen molar-refractivity contribution in [3.63, 3.8) is 0 Å². The Hall–Kier alpha value is -1.75. The number of anilines is 2. The average Bonchev–Trinajstić information content (AvgIpc) is 2.88. The molecule has 0 bridgehead atoms. The summed E-state index contributed by atoms with van der Waals surface area (Å²) in [6.45, 7) is 0.916. The lowest BCUT2D eigenvalue weighted by Crippen LogP contribution is -2.35. The molecule has 1 fully saturated rings. The summed E-state index contributed by atoms with van der Waals surface area (Å²) in [5.74, 6) is 0. The van der Waals surface area contributed by atoms with Gasteiger partial charge in [-0.05, 0) is 25.0 Å². The van der Waals surface area contributed by atoms with Crippen molar-refractivity contribution in [2.45, 2.75) is 32.1 Å². The maximum absolute atomic E-state index is 9.69. The Morgan fingerprint density at radius 2 is 2.10 bits per heavy atom. The molecular weight excluding hydrogens is 254 g/mol. The van der Waals surface area contributed by atoms with Gasteiger partial charge < -0.3 is 20.6 Å². The van der Waals surface area contributed by atoms with E-state index in [0.717, 1.165) is 18.4 Å². The predicted octanol–water partition coefficient (Wildman–Crippen LogP) is 2.76. The molecule has 5 heteroatoms. The first kappa shape index (κ1) is 13.2. The second-order valence-electron chi connectivity index (χ2n) is 5.82. The molecule has 0 aliphatic heterocycles. The number of nitrogen functional groups attached to an aromatic ring is 1. The zero-order valence-electron chi connectivity index (χ0n) is 11.6. The predicted molar refractivity (Wildman–Crippen MR) is 79.5 cm³/mol. The zero-order chi connectivity index (χ0) is 14.0. The van der Waals surface area contributed by atoms with Crippen LogP contribution in [0, 0.1) is 5.41 Å². The largest absolute Gasteiger partial charge is 0.423 e. The number of nitrogens with one attached hydrogen (secondary N) is 1. The van der Waals surface area contributed by atoms with Gasteiger partial charge in [-0.3, -0.25) is 0 Å².